The van der Waals surface area contributed by atoms with Crippen LogP contribution in [0.2, 0.25) is 0 Å². The van der Waals surface area contributed by atoms with Crippen molar-refractivity contribution in [2.75, 3.05) is 24.1 Å². The van der Waals surface area contributed by atoms with Crippen molar-refractivity contribution in [1.82, 2.24) is 15.3 Å². The first-order chi connectivity index (χ1) is 13.4. The highest BCUT2D eigenvalue weighted by molar-refractivity contribution is 7.14. The van der Waals surface area contributed by atoms with Crippen LogP contribution >= 0.6 is 11.3 Å². The second-order valence-corrected chi connectivity index (χ2v) is 7.96. The minimum Gasteiger partial charge on any atom is -0.481 e. The number of carbonyl (C=O) groups is 2. The molecule has 3 rings (SSSR count). The van der Waals surface area contributed by atoms with Crippen LogP contribution in [-0.4, -0.2) is 40.0 Å². The number of carboxylic acid groups (broad SMARTS) is 1. The molecule has 3 heterocycles. The Morgan fingerprint density at radius 1 is 1.39 bits per heavy atom. The standard InChI is InChI=1S/C18H23N5O4S/c19-18-22-15-12(16(26)23-18)8-10(9-21-15)3-4-11-5-6-13(28-11)17(27)20-7-1-2-14(24)25/h5-6,10H,1-4,7-9H2,(H,20,27)(H,24,25)(H4,19,21,22,23,26). The van der Waals surface area contributed by atoms with Crippen molar-refractivity contribution >= 4 is 35.0 Å². The van der Waals surface area contributed by atoms with Crippen molar-refractivity contribution in [2.45, 2.75) is 32.1 Å². The summed E-state index contributed by atoms with van der Waals surface area (Å²) < 4.78 is 0. The number of rotatable bonds is 8. The number of amides is 1. The molecule has 0 aromatic carbocycles. The van der Waals surface area contributed by atoms with Gasteiger partial charge in [0.25, 0.3) is 11.5 Å². The molecule has 28 heavy (non-hydrogen) atoms. The van der Waals surface area contributed by atoms with E-state index in [1.165, 1.54) is 11.3 Å². The zero-order valence-corrected chi connectivity index (χ0v) is 16.1. The van der Waals surface area contributed by atoms with Crippen molar-refractivity contribution in [3.8, 4) is 0 Å². The minimum absolute atomic E-state index is 0.0411. The number of aromatic amines is 1. The molecule has 0 saturated heterocycles. The molecule has 6 N–H and O–H groups in total. The van der Waals surface area contributed by atoms with Gasteiger partial charge < -0.3 is 21.5 Å². The fourth-order valence-electron chi connectivity index (χ4n) is 3.17. The number of aromatic nitrogens is 2. The Hall–Kier alpha value is -2.88. The number of H-pyrrole nitrogens is 1. The summed E-state index contributed by atoms with van der Waals surface area (Å²) in [6, 6.07) is 3.73. The molecule has 0 aliphatic carbocycles. The number of thiophene rings is 1. The van der Waals surface area contributed by atoms with Crippen LogP contribution in [0.1, 0.15) is 39.4 Å². The Morgan fingerprint density at radius 2 is 2.21 bits per heavy atom. The molecule has 0 bridgehead atoms. The number of fused-ring (bicyclic) bond motifs is 1. The summed E-state index contributed by atoms with van der Waals surface area (Å²) in [5, 5.41) is 14.5. The molecule has 1 unspecified atom stereocenters. The van der Waals surface area contributed by atoms with Crippen LogP contribution in [0.4, 0.5) is 11.8 Å². The van der Waals surface area contributed by atoms with Gasteiger partial charge in [-0.3, -0.25) is 19.4 Å². The number of anilines is 2. The summed E-state index contributed by atoms with van der Waals surface area (Å²) in [5.41, 5.74) is 6.01. The van der Waals surface area contributed by atoms with E-state index in [2.05, 4.69) is 20.6 Å². The van der Waals surface area contributed by atoms with Crippen molar-refractivity contribution in [1.29, 1.82) is 0 Å². The lowest BCUT2D eigenvalue weighted by Crippen LogP contribution is -2.30. The fraction of sp³-hybridized carbons (Fsp3) is 0.444. The third-order valence-corrected chi connectivity index (χ3v) is 5.77. The number of hydrogen-bond acceptors (Lipinski definition) is 7. The highest BCUT2D eigenvalue weighted by Crippen LogP contribution is 2.25. The molecule has 2 aromatic heterocycles. The van der Waals surface area contributed by atoms with E-state index < -0.39 is 5.97 Å². The first kappa shape index (κ1) is 19.9. The predicted molar refractivity (Wildman–Crippen MR) is 107 cm³/mol. The third-order valence-electron chi connectivity index (χ3n) is 4.62. The van der Waals surface area contributed by atoms with E-state index in [-0.39, 0.29) is 23.8 Å². The van der Waals surface area contributed by atoms with Gasteiger partial charge in [0.2, 0.25) is 5.95 Å². The van der Waals surface area contributed by atoms with Crippen LogP contribution in [0.5, 0.6) is 0 Å². The normalized spacial score (nSPS) is 15.5. The summed E-state index contributed by atoms with van der Waals surface area (Å²) in [7, 11) is 0. The summed E-state index contributed by atoms with van der Waals surface area (Å²) in [6.07, 6.45) is 2.80. The average Bonchev–Trinajstić information content (AvgIpc) is 3.12. The highest BCUT2D eigenvalue weighted by atomic mass is 32.1. The van der Waals surface area contributed by atoms with Crippen LogP contribution in [-0.2, 0) is 17.6 Å². The van der Waals surface area contributed by atoms with Gasteiger partial charge in [-0.25, -0.2) is 0 Å². The monoisotopic (exact) mass is 405 g/mol. The van der Waals surface area contributed by atoms with E-state index in [4.69, 9.17) is 10.8 Å². The van der Waals surface area contributed by atoms with Crippen LogP contribution in [0.3, 0.4) is 0 Å². The topological polar surface area (TPSA) is 150 Å². The van der Waals surface area contributed by atoms with E-state index >= 15 is 0 Å². The summed E-state index contributed by atoms with van der Waals surface area (Å²) in [6.45, 7) is 1.07. The van der Waals surface area contributed by atoms with E-state index in [9.17, 15) is 14.4 Å². The zero-order chi connectivity index (χ0) is 20.1. The Morgan fingerprint density at radius 3 is 3.00 bits per heavy atom. The Balaban J connectivity index is 1.49. The van der Waals surface area contributed by atoms with Crippen molar-refractivity contribution in [3.05, 3.63) is 37.8 Å². The molecule has 150 valence electrons. The highest BCUT2D eigenvalue weighted by Gasteiger charge is 2.22. The molecular formula is C18H23N5O4S. The van der Waals surface area contributed by atoms with Gasteiger partial charge in [-0.05, 0) is 43.7 Å². The maximum atomic E-state index is 12.1. The van der Waals surface area contributed by atoms with Gasteiger partial charge in [0.1, 0.15) is 5.82 Å². The Bertz CT molecular complexity index is 923. The molecule has 1 aliphatic rings. The first-order valence-corrected chi connectivity index (χ1v) is 9.95. The fourth-order valence-corrected chi connectivity index (χ4v) is 4.11. The van der Waals surface area contributed by atoms with Crippen molar-refractivity contribution in [3.63, 3.8) is 0 Å². The number of nitrogens with one attached hydrogen (secondary N) is 3. The number of carbonyl (C=O) groups excluding carboxylic acids is 1. The van der Waals surface area contributed by atoms with E-state index in [0.29, 0.717) is 41.6 Å². The molecule has 9 nitrogen and oxygen atoms in total. The van der Waals surface area contributed by atoms with Gasteiger partial charge in [-0.15, -0.1) is 11.3 Å². The van der Waals surface area contributed by atoms with Crippen LogP contribution in [0.25, 0.3) is 0 Å². The van der Waals surface area contributed by atoms with Crippen LogP contribution in [0.15, 0.2) is 16.9 Å². The third kappa shape index (κ3) is 5.10. The molecule has 0 spiro atoms. The largest absolute Gasteiger partial charge is 0.481 e. The smallest absolute Gasteiger partial charge is 0.303 e. The van der Waals surface area contributed by atoms with Gasteiger partial charge in [0.05, 0.1) is 10.4 Å². The number of nitrogen functional groups attached to an aromatic ring is 1. The molecule has 0 fully saturated rings. The molecule has 2 aromatic rings. The maximum absolute atomic E-state index is 12.1. The lowest BCUT2D eigenvalue weighted by atomic mass is 9.92. The number of aryl methyl sites for hydroxylation is 1. The van der Waals surface area contributed by atoms with Gasteiger partial charge in [-0.1, -0.05) is 0 Å². The van der Waals surface area contributed by atoms with E-state index in [1.54, 1.807) is 6.07 Å². The van der Waals surface area contributed by atoms with Crippen LogP contribution in [0, 0.1) is 5.92 Å². The molecular weight excluding hydrogens is 382 g/mol. The molecule has 1 atom stereocenters. The number of hydrogen-bond donors (Lipinski definition) is 5. The zero-order valence-electron chi connectivity index (χ0n) is 15.3. The number of nitrogens with two attached hydrogens (primary N) is 1. The lowest BCUT2D eigenvalue weighted by Gasteiger charge is -2.24. The second-order valence-electron chi connectivity index (χ2n) is 6.79. The molecule has 0 radical (unpaired) electrons. The van der Waals surface area contributed by atoms with E-state index in [1.807, 2.05) is 6.07 Å². The summed E-state index contributed by atoms with van der Waals surface area (Å²) in [4.78, 5) is 43.0. The van der Waals surface area contributed by atoms with Crippen LogP contribution < -0.4 is 21.9 Å². The van der Waals surface area contributed by atoms with Gasteiger partial charge >= 0.3 is 5.97 Å². The minimum atomic E-state index is -0.867. The van der Waals surface area contributed by atoms with Crippen molar-refractivity contribution < 1.29 is 14.7 Å². The Kier molecular flexibility index (Phi) is 6.30. The first-order valence-electron chi connectivity index (χ1n) is 9.13. The maximum Gasteiger partial charge on any atom is 0.303 e. The molecule has 1 aliphatic heterocycles. The summed E-state index contributed by atoms with van der Waals surface area (Å²) in [5.74, 6) is -0.0641. The van der Waals surface area contributed by atoms with E-state index in [0.717, 1.165) is 24.3 Å². The SMILES string of the molecule is Nc1nc2c(c(=O)[nH]1)CC(CCc1ccc(C(=O)NCCCC(=O)O)s1)CN2. The second kappa shape index (κ2) is 8.87. The predicted octanol–water partition coefficient (Wildman–Crippen LogP) is 1.23. The molecule has 10 heteroatoms. The average molecular weight is 405 g/mol. The Labute approximate surface area is 165 Å². The van der Waals surface area contributed by atoms with Gasteiger partial charge in [-0.2, -0.15) is 4.98 Å². The quantitative estimate of drug-likeness (QED) is 0.414. The lowest BCUT2D eigenvalue weighted by molar-refractivity contribution is -0.137. The van der Waals surface area contributed by atoms with Gasteiger partial charge in [0.15, 0.2) is 0 Å². The number of nitrogens with zero attached hydrogens (tertiary/aromatic N) is 1. The summed E-state index contributed by atoms with van der Waals surface area (Å²) >= 11 is 1.44. The van der Waals surface area contributed by atoms with Gasteiger partial charge in [0, 0.05) is 24.4 Å². The van der Waals surface area contributed by atoms with Crippen molar-refractivity contribution in [2.24, 2.45) is 5.92 Å². The number of carboxylic acids is 1. The molecule has 0 saturated carbocycles. The number of aliphatic carboxylic acids is 1. The molecule has 1 amide bonds.